The first kappa shape index (κ1) is 41.3. The van der Waals surface area contributed by atoms with E-state index in [9.17, 15) is 19.2 Å². The highest BCUT2D eigenvalue weighted by molar-refractivity contribution is 5.87. The monoisotopic (exact) mass is 817 g/mol. The maximum Gasteiger partial charge on any atom is 0.407 e. The molecule has 0 radical (unpaired) electrons. The molecule has 0 spiro atoms. The molecule has 2 aliphatic heterocycles. The lowest BCUT2D eigenvalue weighted by Crippen LogP contribution is -2.51. The minimum atomic E-state index is -0.680. The van der Waals surface area contributed by atoms with Gasteiger partial charge in [0.15, 0.2) is 0 Å². The topological polar surface area (TPSA) is 163 Å². The van der Waals surface area contributed by atoms with Crippen molar-refractivity contribution in [3.05, 3.63) is 70.6 Å². The number of hydrogen-bond donors (Lipinski definition) is 3. The smallest absolute Gasteiger partial charge is 0.407 e. The second-order valence-electron chi connectivity index (χ2n) is 17.7. The molecular formula is C47H59N7O6. The van der Waals surface area contributed by atoms with Crippen LogP contribution in [0.25, 0.3) is 33.6 Å². The van der Waals surface area contributed by atoms with Crippen LogP contribution in [0.2, 0.25) is 0 Å². The van der Waals surface area contributed by atoms with Crippen LogP contribution in [-0.4, -0.2) is 87.0 Å². The Morgan fingerprint density at radius 1 is 0.700 bits per heavy atom. The average molecular weight is 818 g/mol. The van der Waals surface area contributed by atoms with Crippen LogP contribution in [0.1, 0.15) is 119 Å². The Morgan fingerprint density at radius 2 is 1.22 bits per heavy atom. The van der Waals surface area contributed by atoms with Crippen molar-refractivity contribution >= 4 is 23.9 Å². The Kier molecular flexibility index (Phi) is 11.9. The van der Waals surface area contributed by atoms with Crippen LogP contribution in [0.5, 0.6) is 0 Å². The van der Waals surface area contributed by atoms with Gasteiger partial charge in [0.05, 0.1) is 50.0 Å². The zero-order valence-electron chi connectivity index (χ0n) is 35.9. The fraction of sp³-hybridized carbons (Fsp3) is 0.532. The summed E-state index contributed by atoms with van der Waals surface area (Å²) in [6.45, 7) is 9.09. The second kappa shape index (κ2) is 17.3. The number of aromatic nitrogens is 4. The molecule has 4 atom stereocenters. The highest BCUT2D eigenvalue weighted by Crippen LogP contribution is 2.41. The van der Waals surface area contributed by atoms with Gasteiger partial charge in [0, 0.05) is 35.6 Å². The molecule has 2 saturated heterocycles. The number of rotatable bonds is 10. The number of alkyl carbamates (subject to hydrolysis) is 1. The van der Waals surface area contributed by atoms with Crippen molar-refractivity contribution in [3.8, 4) is 33.6 Å². The second-order valence-corrected chi connectivity index (χ2v) is 17.7. The zero-order chi connectivity index (χ0) is 42.2. The maximum atomic E-state index is 13.9. The number of esters is 1. The Morgan fingerprint density at radius 3 is 1.68 bits per heavy atom. The van der Waals surface area contributed by atoms with Crippen LogP contribution in [0.3, 0.4) is 0 Å². The number of ether oxygens (including phenoxy) is 2. The largest absolute Gasteiger partial charge is 0.469 e. The van der Waals surface area contributed by atoms with Crippen LogP contribution in [0.15, 0.2) is 36.4 Å². The molecule has 8 rings (SSSR count). The molecule has 13 heteroatoms. The molecule has 13 nitrogen and oxygen atoms in total. The van der Waals surface area contributed by atoms with E-state index in [-0.39, 0.29) is 48.1 Å². The van der Waals surface area contributed by atoms with Gasteiger partial charge in [0.2, 0.25) is 11.8 Å². The molecule has 3 amide bonds. The van der Waals surface area contributed by atoms with Crippen LogP contribution in [0.4, 0.5) is 4.79 Å². The average Bonchev–Trinajstić information content (AvgIpc) is 4.06. The Bertz CT molecular complexity index is 2120. The molecule has 2 aromatic carbocycles. The van der Waals surface area contributed by atoms with Crippen molar-refractivity contribution < 1.29 is 28.7 Å². The summed E-state index contributed by atoms with van der Waals surface area (Å²) < 4.78 is 9.75. The summed E-state index contributed by atoms with van der Waals surface area (Å²) >= 11 is 0. The Balaban J connectivity index is 1.03. The molecule has 0 saturated carbocycles. The number of likely N-dealkylation sites (tertiary alicyclic amines) is 2. The first-order chi connectivity index (χ1) is 28.9. The number of hydrogen-bond acceptors (Lipinski definition) is 8. The minimum Gasteiger partial charge on any atom is -0.469 e. The van der Waals surface area contributed by atoms with Crippen LogP contribution in [-0.2, 0) is 49.5 Å². The number of amides is 3. The predicted molar refractivity (Wildman–Crippen MR) is 228 cm³/mol. The first-order valence-corrected chi connectivity index (χ1v) is 21.9. The van der Waals surface area contributed by atoms with Gasteiger partial charge in [-0.15, -0.1) is 0 Å². The molecule has 60 heavy (non-hydrogen) atoms. The van der Waals surface area contributed by atoms with E-state index in [4.69, 9.17) is 19.4 Å². The molecule has 4 heterocycles. The number of carbonyl (C=O) groups is 4. The van der Waals surface area contributed by atoms with E-state index in [2.05, 4.69) is 51.7 Å². The molecule has 318 valence electrons. The third-order valence-corrected chi connectivity index (χ3v) is 13.2. The molecular weight excluding hydrogens is 759 g/mol. The van der Waals surface area contributed by atoms with Crippen LogP contribution >= 0.6 is 0 Å². The van der Waals surface area contributed by atoms with Crippen molar-refractivity contribution in [1.82, 2.24) is 35.1 Å². The molecule has 0 unspecified atom stereocenters. The lowest BCUT2D eigenvalue weighted by atomic mass is 9.90. The van der Waals surface area contributed by atoms with Crippen LogP contribution in [0, 0.1) is 17.8 Å². The number of H-pyrrole nitrogens is 2. The summed E-state index contributed by atoms with van der Waals surface area (Å²) in [4.78, 5) is 73.5. The van der Waals surface area contributed by atoms with Gasteiger partial charge in [-0.25, -0.2) is 14.8 Å². The Labute approximate surface area is 352 Å². The number of methoxy groups -OCH3 is 2. The van der Waals surface area contributed by atoms with Gasteiger partial charge in [-0.2, -0.15) is 0 Å². The van der Waals surface area contributed by atoms with E-state index in [0.717, 1.165) is 110 Å². The quantitative estimate of drug-likeness (QED) is 0.138. The predicted octanol–water partition coefficient (Wildman–Crippen LogP) is 7.65. The number of benzene rings is 2. The van der Waals surface area contributed by atoms with Crippen molar-refractivity contribution in [1.29, 1.82) is 0 Å². The van der Waals surface area contributed by atoms with E-state index in [1.165, 1.54) is 36.5 Å². The van der Waals surface area contributed by atoms with Gasteiger partial charge in [0.1, 0.15) is 17.7 Å². The van der Waals surface area contributed by atoms with E-state index >= 15 is 0 Å². The van der Waals surface area contributed by atoms with Gasteiger partial charge in [0.25, 0.3) is 0 Å². The third-order valence-electron chi connectivity index (χ3n) is 13.2. The van der Waals surface area contributed by atoms with E-state index in [1.807, 2.05) is 37.5 Å². The van der Waals surface area contributed by atoms with E-state index in [1.54, 1.807) is 0 Å². The van der Waals surface area contributed by atoms with E-state index < -0.39 is 18.1 Å². The van der Waals surface area contributed by atoms with Crippen molar-refractivity contribution in [3.63, 3.8) is 0 Å². The minimum absolute atomic E-state index is 0.00202. The fourth-order valence-electron chi connectivity index (χ4n) is 9.91. The Hall–Kier alpha value is -5.46. The molecule has 2 aromatic heterocycles. The van der Waals surface area contributed by atoms with Gasteiger partial charge in [-0.05, 0) is 98.3 Å². The summed E-state index contributed by atoms with van der Waals surface area (Å²) in [7, 11) is 2.68. The summed E-state index contributed by atoms with van der Waals surface area (Å²) in [5.41, 5.74) is 11.3. The SMILES string of the molecule is COC(=O)C[C@H](C(=O)N1CCC[C@H]1c1nc2c([nH]1)CCCc1cc(-c3ccc4c(c3)CCCc3[nH]c([C@@H]5CCCN5C(=O)[C@@H](NC(=O)OC)C(C)C)nc3-4)ccc1-2)C(C)C. The van der Waals surface area contributed by atoms with Crippen LogP contribution < -0.4 is 5.32 Å². The molecule has 3 N–H and O–H groups in total. The number of carbonyl (C=O) groups excluding carboxylic acids is 4. The zero-order valence-corrected chi connectivity index (χ0v) is 35.9. The number of aryl methyl sites for hydroxylation is 4. The van der Waals surface area contributed by atoms with Gasteiger partial charge in [-0.3, -0.25) is 14.4 Å². The molecule has 2 fully saturated rings. The van der Waals surface area contributed by atoms with Crippen molar-refractivity contribution in [2.75, 3.05) is 27.3 Å². The van der Waals surface area contributed by atoms with Gasteiger partial charge in [-0.1, -0.05) is 64.1 Å². The van der Waals surface area contributed by atoms with Crippen molar-refractivity contribution in [2.24, 2.45) is 17.8 Å². The number of imidazole rings is 2. The van der Waals surface area contributed by atoms with Gasteiger partial charge >= 0.3 is 12.1 Å². The lowest BCUT2D eigenvalue weighted by Gasteiger charge is -2.30. The number of aromatic amines is 2. The highest BCUT2D eigenvalue weighted by atomic mass is 16.5. The number of nitrogens with zero attached hydrogens (tertiary/aromatic N) is 4. The summed E-state index contributed by atoms with van der Waals surface area (Å²) in [6, 6.07) is 12.5. The normalized spacial score (nSPS) is 19.5. The summed E-state index contributed by atoms with van der Waals surface area (Å²) in [6.07, 6.45) is 8.49. The maximum absolute atomic E-state index is 13.9. The molecule has 4 aliphatic rings. The third kappa shape index (κ3) is 7.94. The van der Waals surface area contributed by atoms with E-state index in [0.29, 0.717) is 13.1 Å². The standard InChI is InChI=1S/C47H59N7O6/c1-26(2)34(25-39(55)59-5)45(56)53-21-9-15-37(53)43-48-35-13-7-11-30-23-28(17-19-32(30)41(35)50-43)29-18-20-33-31(24-29)12-8-14-36-42(33)51-44(49-36)38-16-10-22-54(38)46(57)40(27(3)4)52-47(58)60-6/h17-20,23-24,26-27,34,37-38,40H,7-16,21-22,25H2,1-6H3,(H,48,50)(H,49,51)(H,52,58)/t34-,37-,38-,40-/m0/s1. The molecule has 0 bridgehead atoms. The van der Waals surface area contributed by atoms with Gasteiger partial charge < -0.3 is 34.6 Å². The number of fused-ring (bicyclic) bond motifs is 6. The molecule has 4 aromatic rings. The fourth-order valence-corrected chi connectivity index (χ4v) is 9.91. The summed E-state index contributed by atoms with van der Waals surface area (Å²) in [5, 5.41) is 2.75. The van der Waals surface area contributed by atoms with Crippen molar-refractivity contribution in [2.45, 2.75) is 116 Å². The summed E-state index contributed by atoms with van der Waals surface area (Å²) in [5.74, 6) is 0.645. The first-order valence-electron chi connectivity index (χ1n) is 21.9. The molecule has 2 aliphatic carbocycles. The lowest BCUT2D eigenvalue weighted by molar-refractivity contribution is -0.148. The number of nitrogens with one attached hydrogen (secondary N) is 3. The highest BCUT2D eigenvalue weighted by Gasteiger charge is 2.40.